The molecule has 5 heteroatoms. The van der Waals surface area contributed by atoms with Gasteiger partial charge < -0.3 is 15.8 Å². The van der Waals surface area contributed by atoms with Gasteiger partial charge in [0.15, 0.2) is 0 Å². The van der Waals surface area contributed by atoms with Crippen molar-refractivity contribution in [2.45, 2.75) is 24.9 Å². The summed E-state index contributed by atoms with van der Waals surface area (Å²) in [4.78, 5) is 11.6. The molecule has 0 saturated heterocycles. The van der Waals surface area contributed by atoms with Gasteiger partial charge in [-0.15, -0.1) is 12.4 Å². The average molecular weight is 257 g/mol. The van der Waals surface area contributed by atoms with E-state index < -0.39 is 5.54 Å². The molecule has 0 aliphatic heterocycles. The standard InChI is InChI=1S/C12H16N2O2.ClH/c1-16-10-4-2-9(3-5-10)8-14-11(15)12(13)6-7-12;/h2-5H,6-8,13H2,1H3,(H,14,15);1H. The summed E-state index contributed by atoms with van der Waals surface area (Å²) in [7, 11) is 1.63. The van der Waals surface area contributed by atoms with Crippen molar-refractivity contribution in [3.8, 4) is 5.75 Å². The minimum Gasteiger partial charge on any atom is -0.497 e. The Morgan fingerprint density at radius 3 is 2.47 bits per heavy atom. The number of rotatable bonds is 4. The molecule has 0 aromatic heterocycles. The molecule has 1 amide bonds. The number of hydrogen-bond acceptors (Lipinski definition) is 3. The van der Waals surface area contributed by atoms with Crippen molar-refractivity contribution in [1.82, 2.24) is 5.32 Å². The van der Waals surface area contributed by atoms with Gasteiger partial charge in [0.05, 0.1) is 12.6 Å². The number of hydrogen-bond donors (Lipinski definition) is 2. The highest BCUT2D eigenvalue weighted by atomic mass is 35.5. The number of amides is 1. The Labute approximate surface area is 107 Å². The second-order valence-electron chi connectivity index (χ2n) is 4.19. The Hall–Kier alpha value is -1.26. The lowest BCUT2D eigenvalue weighted by atomic mass is 10.2. The minimum absolute atomic E-state index is 0. The van der Waals surface area contributed by atoms with E-state index in [2.05, 4.69) is 5.32 Å². The highest BCUT2D eigenvalue weighted by Crippen LogP contribution is 2.32. The van der Waals surface area contributed by atoms with Crippen LogP contribution >= 0.6 is 12.4 Å². The highest BCUT2D eigenvalue weighted by molar-refractivity contribution is 5.88. The highest BCUT2D eigenvalue weighted by Gasteiger charge is 2.45. The van der Waals surface area contributed by atoms with Crippen LogP contribution in [0.25, 0.3) is 0 Å². The summed E-state index contributed by atoms with van der Waals surface area (Å²) < 4.78 is 5.05. The third-order valence-electron chi connectivity index (χ3n) is 2.85. The van der Waals surface area contributed by atoms with Gasteiger partial charge in [0, 0.05) is 6.54 Å². The van der Waals surface area contributed by atoms with Crippen molar-refractivity contribution in [2.75, 3.05) is 7.11 Å². The van der Waals surface area contributed by atoms with Crippen molar-refractivity contribution in [1.29, 1.82) is 0 Å². The van der Waals surface area contributed by atoms with Crippen molar-refractivity contribution in [3.05, 3.63) is 29.8 Å². The number of methoxy groups -OCH3 is 1. The molecule has 0 heterocycles. The number of carbonyl (C=O) groups excluding carboxylic acids is 1. The van der Waals surface area contributed by atoms with Crippen molar-refractivity contribution in [3.63, 3.8) is 0 Å². The van der Waals surface area contributed by atoms with Gasteiger partial charge in [0.2, 0.25) is 5.91 Å². The summed E-state index contributed by atoms with van der Waals surface area (Å²) in [6.45, 7) is 0.516. The Kier molecular flexibility index (Phi) is 4.37. The second kappa shape index (κ2) is 5.38. The Bertz CT molecular complexity index is 388. The van der Waals surface area contributed by atoms with E-state index >= 15 is 0 Å². The fourth-order valence-electron chi connectivity index (χ4n) is 1.46. The van der Waals surface area contributed by atoms with Gasteiger partial charge in [-0.2, -0.15) is 0 Å². The molecule has 4 nitrogen and oxygen atoms in total. The third kappa shape index (κ3) is 3.35. The van der Waals surface area contributed by atoms with Crippen LogP contribution in [0, 0.1) is 0 Å². The zero-order valence-corrected chi connectivity index (χ0v) is 10.5. The summed E-state index contributed by atoms with van der Waals surface area (Å²) in [5.41, 5.74) is 6.22. The van der Waals surface area contributed by atoms with E-state index in [0.29, 0.717) is 6.54 Å². The summed E-state index contributed by atoms with van der Waals surface area (Å²) in [5, 5.41) is 2.83. The predicted octanol–water partition coefficient (Wildman–Crippen LogP) is 1.22. The maximum atomic E-state index is 11.6. The van der Waals surface area contributed by atoms with Gasteiger partial charge in [-0.1, -0.05) is 12.1 Å². The van der Waals surface area contributed by atoms with Crippen molar-refractivity contribution >= 4 is 18.3 Å². The van der Waals surface area contributed by atoms with E-state index in [-0.39, 0.29) is 18.3 Å². The van der Waals surface area contributed by atoms with Crippen LogP contribution in [0.5, 0.6) is 5.75 Å². The first kappa shape index (κ1) is 13.8. The first-order chi connectivity index (χ1) is 7.64. The zero-order chi connectivity index (χ0) is 11.6. The number of ether oxygens (including phenoxy) is 1. The quantitative estimate of drug-likeness (QED) is 0.852. The maximum absolute atomic E-state index is 11.6. The van der Waals surface area contributed by atoms with Gasteiger partial charge in [0.25, 0.3) is 0 Å². The topological polar surface area (TPSA) is 64.3 Å². The maximum Gasteiger partial charge on any atom is 0.240 e. The van der Waals surface area contributed by atoms with E-state index in [1.54, 1.807) is 7.11 Å². The van der Waals surface area contributed by atoms with E-state index in [9.17, 15) is 4.79 Å². The van der Waals surface area contributed by atoms with Gasteiger partial charge >= 0.3 is 0 Å². The molecule has 94 valence electrons. The molecule has 1 fully saturated rings. The van der Waals surface area contributed by atoms with Crippen LogP contribution in [0.1, 0.15) is 18.4 Å². The van der Waals surface area contributed by atoms with E-state index in [1.165, 1.54) is 0 Å². The average Bonchev–Trinajstić information content (AvgIpc) is 3.06. The number of halogens is 1. The molecule has 1 aromatic rings. The summed E-state index contributed by atoms with van der Waals surface area (Å²) in [6.07, 6.45) is 1.59. The van der Waals surface area contributed by atoms with Crippen LogP contribution < -0.4 is 15.8 Å². The Balaban J connectivity index is 0.00000144. The number of nitrogens with two attached hydrogens (primary N) is 1. The Morgan fingerprint density at radius 2 is 2.00 bits per heavy atom. The van der Waals surface area contributed by atoms with Crippen LogP contribution in [0.4, 0.5) is 0 Å². The van der Waals surface area contributed by atoms with Crippen LogP contribution in [0.3, 0.4) is 0 Å². The fourth-order valence-corrected chi connectivity index (χ4v) is 1.46. The normalized spacial score (nSPS) is 15.6. The summed E-state index contributed by atoms with van der Waals surface area (Å²) >= 11 is 0. The first-order valence-electron chi connectivity index (χ1n) is 5.34. The number of benzene rings is 1. The van der Waals surface area contributed by atoms with Crippen LogP contribution in [0.15, 0.2) is 24.3 Å². The largest absolute Gasteiger partial charge is 0.497 e. The molecule has 1 aliphatic rings. The van der Waals surface area contributed by atoms with E-state index in [0.717, 1.165) is 24.2 Å². The predicted molar refractivity (Wildman–Crippen MR) is 68.2 cm³/mol. The lowest BCUT2D eigenvalue weighted by Gasteiger charge is -2.10. The monoisotopic (exact) mass is 256 g/mol. The molecule has 17 heavy (non-hydrogen) atoms. The molecule has 0 unspecified atom stereocenters. The lowest BCUT2D eigenvalue weighted by molar-refractivity contribution is -0.123. The number of carbonyl (C=O) groups is 1. The lowest BCUT2D eigenvalue weighted by Crippen LogP contribution is -2.42. The molecule has 1 saturated carbocycles. The molecule has 0 bridgehead atoms. The molecule has 1 aromatic carbocycles. The van der Waals surface area contributed by atoms with Gasteiger partial charge in [0.1, 0.15) is 5.75 Å². The molecule has 0 radical (unpaired) electrons. The molecular formula is C12H17ClN2O2. The molecule has 0 atom stereocenters. The van der Waals surface area contributed by atoms with Crippen molar-refractivity contribution in [2.24, 2.45) is 5.73 Å². The number of nitrogens with one attached hydrogen (secondary N) is 1. The van der Waals surface area contributed by atoms with Crippen LogP contribution in [-0.2, 0) is 11.3 Å². The van der Waals surface area contributed by atoms with E-state index in [1.807, 2.05) is 24.3 Å². The van der Waals surface area contributed by atoms with E-state index in [4.69, 9.17) is 10.5 Å². The minimum atomic E-state index is -0.591. The van der Waals surface area contributed by atoms with Gasteiger partial charge in [-0.25, -0.2) is 0 Å². The molecule has 2 rings (SSSR count). The zero-order valence-electron chi connectivity index (χ0n) is 9.73. The van der Waals surface area contributed by atoms with Crippen LogP contribution in [0.2, 0.25) is 0 Å². The fraction of sp³-hybridized carbons (Fsp3) is 0.417. The molecule has 1 aliphatic carbocycles. The van der Waals surface area contributed by atoms with Gasteiger partial charge in [-0.3, -0.25) is 4.79 Å². The summed E-state index contributed by atoms with van der Waals surface area (Å²) in [6, 6.07) is 7.60. The smallest absolute Gasteiger partial charge is 0.240 e. The Morgan fingerprint density at radius 1 is 1.41 bits per heavy atom. The van der Waals surface area contributed by atoms with Gasteiger partial charge in [-0.05, 0) is 30.5 Å². The SMILES string of the molecule is COc1ccc(CNC(=O)C2(N)CC2)cc1.Cl. The first-order valence-corrected chi connectivity index (χ1v) is 5.34. The summed E-state index contributed by atoms with van der Waals surface area (Å²) in [5.74, 6) is 0.760. The molecule has 0 spiro atoms. The second-order valence-corrected chi connectivity index (χ2v) is 4.19. The third-order valence-corrected chi connectivity index (χ3v) is 2.85. The van der Waals surface area contributed by atoms with Crippen LogP contribution in [-0.4, -0.2) is 18.6 Å². The van der Waals surface area contributed by atoms with Crippen molar-refractivity contribution < 1.29 is 9.53 Å². The molecular weight excluding hydrogens is 240 g/mol. The molecule has 3 N–H and O–H groups in total.